The first kappa shape index (κ1) is 19.0. The van der Waals surface area contributed by atoms with Gasteiger partial charge in [-0.2, -0.15) is 0 Å². The SMILES string of the molecule is Cc1ccc(S(=O)(=O)Nc2ccc(NC(=O)CC3CC4CCC3C4)cc2)cc1. The number of rotatable bonds is 6. The first-order valence-corrected chi connectivity index (χ1v) is 11.4. The molecule has 2 bridgehead atoms. The summed E-state index contributed by atoms with van der Waals surface area (Å²) in [6, 6.07) is 13.5. The van der Waals surface area contributed by atoms with Crippen molar-refractivity contribution in [2.75, 3.05) is 10.0 Å². The molecule has 3 atom stereocenters. The molecule has 2 aliphatic rings. The highest BCUT2D eigenvalue weighted by Gasteiger charge is 2.40. The minimum Gasteiger partial charge on any atom is -0.326 e. The van der Waals surface area contributed by atoms with E-state index in [1.807, 2.05) is 6.92 Å². The molecule has 1 amide bonds. The van der Waals surface area contributed by atoms with Crippen molar-refractivity contribution in [3.63, 3.8) is 0 Å². The summed E-state index contributed by atoms with van der Waals surface area (Å²) in [6.45, 7) is 1.91. The van der Waals surface area contributed by atoms with E-state index in [9.17, 15) is 13.2 Å². The Labute approximate surface area is 166 Å². The molecular weight excluding hydrogens is 372 g/mol. The average molecular weight is 399 g/mol. The summed E-state index contributed by atoms with van der Waals surface area (Å²) in [5.74, 6) is 2.14. The van der Waals surface area contributed by atoms with Gasteiger partial charge in [-0.15, -0.1) is 0 Å². The zero-order chi connectivity index (χ0) is 19.7. The highest BCUT2D eigenvalue weighted by Crippen LogP contribution is 2.49. The van der Waals surface area contributed by atoms with Crippen molar-refractivity contribution in [2.45, 2.75) is 43.9 Å². The average Bonchev–Trinajstić information content (AvgIpc) is 3.26. The maximum atomic E-state index is 12.5. The summed E-state index contributed by atoms with van der Waals surface area (Å²) in [5.41, 5.74) is 2.16. The number of fused-ring (bicyclic) bond motifs is 2. The molecule has 0 radical (unpaired) electrons. The molecule has 2 aliphatic carbocycles. The maximum absolute atomic E-state index is 12.5. The Bertz CT molecular complexity index is 952. The van der Waals surface area contributed by atoms with Crippen LogP contribution in [0.4, 0.5) is 11.4 Å². The van der Waals surface area contributed by atoms with Crippen LogP contribution >= 0.6 is 0 Å². The molecule has 0 heterocycles. The van der Waals surface area contributed by atoms with Gasteiger partial charge in [-0.1, -0.05) is 24.1 Å². The third-order valence-corrected chi connectivity index (χ3v) is 7.48. The third kappa shape index (κ3) is 4.22. The predicted octanol–water partition coefficient (Wildman–Crippen LogP) is 4.56. The molecule has 2 fully saturated rings. The van der Waals surface area contributed by atoms with Gasteiger partial charge in [0.25, 0.3) is 10.0 Å². The monoisotopic (exact) mass is 398 g/mol. The predicted molar refractivity (Wildman–Crippen MR) is 111 cm³/mol. The van der Waals surface area contributed by atoms with Crippen molar-refractivity contribution in [1.29, 1.82) is 0 Å². The maximum Gasteiger partial charge on any atom is 0.261 e. The number of anilines is 2. The summed E-state index contributed by atoms with van der Waals surface area (Å²) in [7, 11) is -3.62. The summed E-state index contributed by atoms with van der Waals surface area (Å²) >= 11 is 0. The minimum atomic E-state index is -3.62. The lowest BCUT2D eigenvalue weighted by atomic mass is 9.86. The highest BCUT2D eigenvalue weighted by molar-refractivity contribution is 7.92. The van der Waals surface area contributed by atoms with Crippen molar-refractivity contribution < 1.29 is 13.2 Å². The van der Waals surface area contributed by atoms with Gasteiger partial charge >= 0.3 is 0 Å². The highest BCUT2D eigenvalue weighted by atomic mass is 32.2. The van der Waals surface area contributed by atoms with E-state index < -0.39 is 10.0 Å². The van der Waals surface area contributed by atoms with Gasteiger partial charge in [-0.3, -0.25) is 9.52 Å². The lowest BCUT2D eigenvalue weighted by Gasteiger charge is -2.20. The van der Waals surface area contributed by atoms with Crippen LogP contribution < -0.4 is 10.0 Å². The zero-order valence-electron chi connectivity index (χ0n) is 16.0. The molecule has 2 N–H and O–H groups in total. The molecule has 2 saturated carbocycles. The van der Waals surface area contributed by atoms with E-state index in [-0.39, 0.29) is 10.8 Å². The van der Waals surface area contributed by atoms with E-state index in [2.05, 4.69) is 10.0 Å². The van der Waals surface area contributed by atoms with Crippen LogP contribution in [-0.2, 0) is 14.8 Å². The number of amides is 1. The first-order valence-electron chi connectivity index (χ1n) is 9.88. The molecule has 0 aromatic heterocycles. The second-order valence-corrected chi connectivity index (χ2v) is 9.87. The number of carbonyl (C=O) groups is 1. The molecular formula is C22H26N2O3S. The smallest absolute Gasteiger partial charge is 0.261 e. The normalized spacial score (nSPS) is 23.5. The van der Waals surface area contributed by atoms with E-state index in [0.717, 1.165) is 17.4 Å². The van der Waals surface area contributed by atoms with E-state index in [1.165, 1.54) is 25.7 Å². The van der Waals surface area contributed by atoms with Crippen LogP contribution in [0.2, 0.25) is 0 Å². The van der Waals surface area contributed by atoms with Crippen molar-refractivity contribution in [1.82, 2.24) is 0 Å². The Morgan fingerprint density at radius 2 is 1.64 bits per heavy atom. The van der Waals surface area contributed by atoms with Gasteiger partial charge in [0.15, 0.2) is 0 Å². The first-order chi connectivity index (χ1) is 13.4. The quantitative estimate of drug-likeness (QED) is 0.749. The van der Waals surface area contributed by atoms with Crippen molar-refractivity contribution >= 4 is 27.3 Å². The fourth-order valence-electron chi connectivity index (χ4n) is 4.63. The minimum absolute atomic E-state index is 0.0468. The second kappa shape index (κ2) is 7.59. The van der Waals surface area contributed by atoms with E-state index in [1.54, 1.807) is 48.5 Å². The molecule has 0 saturated heterocycles. The Balaban J connectivity index is 1.34. The number of hydrogen-bond acceptors (Lipinski definition) is 3. The molecule has 3 unspecified atom stereocenters. The summed E-state index contributed by atoms with van der Waals surface area (Å²) in [4.78, 5) is 12.6. The van der Waals surface area contributed by atoms with Crippen LogP contribution in [0.25, 0.3) is 0 Å². The Hall–Kier alpha value is -2.34. The Morgan fingerprint density at radius 3 is 2.25 bits per heavy atom. The summed E-state index contributed by atoms with van der Waals surface area (Å²) in [6.07, 6.45) is 5.69. The second-order valence-electron chi connectivity index (χ2n) is 8.18. The fraction of sp³-hybridized carbons (Fsp3) is 0.409. The largest absolute Gasteiger partial charge is 0.326 e. The zero-order valence-corrected chi connectivity index (χ0v) is 16.8. The van der Waals surface area contributed by atoms with E-state index in [4.69, 9.17) is 0 Å². The van der Waals surface area contributed by atoms with Crippen molar-refractivity contribution in [3.05, 3.63) is 54.1 Å². The van der Waals surface area contributed by atoms with E-state index >= 15 is 0 Å². The molecule has 2 aromatic rings. The van der Waals surface area contributed by atoms with Crippen molar-refractivity contribution in [2.24, 2.45) is 17.8 Å². The molecule has 5 nitrogen and oxygen atoms in total. The van der Waals surface area contributed by atoms with E-state index in [0.29, 0.717) is 23.7 Å². The molecule has 148 valence electrons. The molecule has 6 heteroatoms. The van der Waals surface area contributed by atoms with Crippen LogP contribution in [0.5, 0.6) is 0 Å². The van der Waals surface area contributed by atoms with Gasteiger partial charge < -0.3 is 5.32 Å². The van der Waals surface area contributed by atoms with Crippen LogP contribution in [0, 0.1) is 24.7 Å². The van der Waals surface area contributed by atoms with Crippen LogP contribution in [0.15, 0.2) is 53.4 Å². The van der Waals surface area contributed by atoms with Crippen molar-refractivity contribution in [3.8, 4) is 0 Å². The molecule has 4 rings (SSSR count). The lowest BCUT2D eigenvalue weighted by Crippen LogP contribution is -2.20. The van der Waals surface area contributed by atoms with Crippen LogP contribution in [-0.4, -0.2) is 14.3 Å². The molecule has 0 spiro atoms. The number of sulfonamides is 1. The summed E-state index contributed by atoms with van der Waals surface area (Å²) in [5, 5.41) is 2.94. The number of benzene rings is 2. The summed E-state index contributed by atoms with van der Waals surface area (Å²) < 4.78 is 27.5. The van der Waals surface area contributed by atoms with Gasteiger partial charge in [-0.05, 0) is 80.3 Å². The van der Waals surface area contributed by atoms with Gasteiger partial charge in [0.2, 0.25) is 5.91 Å². The Kier molecular flexibility index (Phi) is 5.15. The van der Waals surface area contributed by atoms with Crippen LogP contribution in [0.3, 0.4) is 0 Å². The molecule has 2 aromatic carbocycles. The van der Waals surface area contributed by atoms with Gasteiger partial charge in [0.05, 0.1) is 4.90 Å². The number of aryl methyl sites for hydroxylation is 1. The molecule has 0 aliphatic heterocycles. The standard InChI is InChI=1S/C22H26N2O3S/c1-15-2-10-21(11-3-15)28(26,27)24-20-8-6-19(7-9-20)23-22(25)14-18-13-16-4-5-17(18)12-16/h2-3,6-11,16-18,24H,4-5,12-14H2,1H3,(H,23,25). The third-order valence-electron chi connectivity index (χ3n) is 6.08. The number of hydrogen-bond donors (Lipinski definition) is 2. The Morgan fingerprint density at radius 1 is 0.964 bits per heavy atom. The topological polar surface area (TPSA) is 75.3 Å². The lowest BCUT2D eigenvalue weighted by molar-refractivity contribution is -0.117. The van der Waals surface area contributed by atoms with Gasteiger partial charge in [0, 0.05) is 17.8 Å². The number of nitrogens with one attached hydrogen (secondary N) is 2. The number of carbonyl (C=O) groups excluding carboxylic acids is 1. The fourth-order valence-corrected chi connectivity index (χ4v) is 5.69. The molecule has 28 heavy (non-hydrogen) atoms. The van der Waals surface area contributed by atoms with Gasteiger partial charge in [-0.25, -0.2) is 8.42 Å². The van der Waals surface area contributed by atoms with Crippen LogP contribution in [0.1, 0.15) is 37.7 Å². The van der Waals surface area contributed by atoms with Gasteiger partial charge in [0.1, 0.15) is 0 Å².